The first kappa shape index (κ1) is 24.7. The molecule has 0 aromatic heterocycles. The smallest absolute Gasteiger partial charge is 0.338 e. The minimum absolute atomic E-state index is 0.0317. The van der Waals surface area contributed by atoms with Crippen LogP contribution in [-0.2, 0) is 29.4 Å². The highest BCUT2D eigenvalue weighted by Crippen LogP contribution is 2.20. The summed E-state index contributed by atoms with van der Waals surface area (Å²) in [7, 11) is -7.01. The SMILES string of the molecule is CCN(C(=O)[C@H](C)OC(=O)c1ccc(S(=O)(=O)Nc2ccccc2)cc1)[C@H]1CCS(=O)(=O)C1. The van der Waals surface area contributed by atoms with Gasteiger partial charge >= 0.3 is 5.97 Å². The van der Waals surface area contributed by atoms with E-state index in [0.29, 0.717) is 18.7 Å². The molecule has 1 N–H and O–H groups in total. The molecule has 33 heavy (non-hydrogen) atoms. The Bertz CT molecular complexity index is 1210. The molecular weight excluding hydrogens is 468 g/mol. The van der Waals surface area contributed by atoms with Gasteiger partial charge < -0.3 is 9.64 Å². The highest BCUT2D eigenvalue weighted by molar-refractivity contribution is 7.92. The standard InChI is InChI=1S/C22H26N2O7S2/c1-3-24(19-13-14-32(27,28)15-19)21(25)16(2)31-22(26)17-9-11-20(12-10-17)33(29,30)23-18-7-5-4-6-8-18/h4-12,16,19,23H,3,13-15H2,1-2H3/t16-,19-/m0/s1. The number of ether oxygens (including phenoxy) is 1. The Morgan fingerprint density at radius 3 is 2.30 bits per heavy atom. The molecule has 0 radical (unpaired) electrons. The Kier molecular flexibility index (Phi) is 7.43. The molecule has 0 bridgehead atoms. The van der Waals surface area contributed by atoms with Gasteiger partial charge in [-0.3, -0.25) is 9.52 Å². The number of hydrogen-bond acceptors (Lipinski definition) is 7. The van der Waals surface area contributed by atoms with Crippen molar-refractivity contribution in [3.63, 3.8) is 0 Å². The van der Waals surface area contributed by atoms with E-state index in [0.717, 1.165) is 0 Å². The highest BCUT2D eigenvalue weighted by Gasteiger charge is 2.36. The first-order valence-corrected chi connectivity index (χ1v) is 13.7. The lowest BCUT2D eigenvalue weighted by Gasteiger charge is -2.29. The number of nitrogens with zero attached hydrogens (tertiary/aromatic N) is 1. The second kappa shape index (κ2) is 9.92. The first-order chi connectivity index (χ1) is 15.5. The number of hydrogen-bond donors (Lipinski definition) is 1. The van der Waals surface area contributed by atoms with E-state index in [9.17, 15) is 26.4 Å². The van der Waals surface area contributed by atoms with Crippen LogP contribution in [-0.4, -0.2) is 63.8 Å². The molecule has 1 aliphatic rings. The lowest BCUT2D eigenvalue weighted by molar-refractivity contribution is -0.141. The third-order valence-corrected chi connectivity index (χ3v) is 8.48. The van der Waals surface area contributed by atoms with Crippen LogP contribution in [0.5, 0.6) is 0 Å². The molecular formula is C22H26N2O7S2. The van der Waals surface area contributed by atoms with Gasteiger partial charge in [0, 0.05) is 18.3 Å². The average molecular weight is 495 g/mol. The van der Waals surface area contributed by atoms with Gasteiger partial charge in [-0.25, -0.2) is 21.6 Å². The van der Waals surface area contributed by atoms with Crippen molar-refractivity contribution >= 4 is 37.4 Å². The minimum Gasteiger partial charge on any atom is -0.449 e. The van der Waals surface area contributed by atoms with Crippen LogP contribution in [0.25, 0.3) is 0 Å². The van der Waals surface area contributed by atoms with E-state index in [2.05, 4.69) is 4.72 Å². The molecule has 11 heteroatoms. The van der Waals surface area contributed by atoms with Crippen LogP contribution in [0.1, 0.15) is 30.6 Å². The quantitative estimate of drug-likeness (QED) is 0.557. The number of esters is 1. The summed E-state index contributed by atoms with van der Waals surface area (Å²) < 4.78 is 56.2. The van der Waals surface area contributed by atoms with Gasteiger partial charge in [0.15, 0.2) is 15.9 Å². The molecule has 1 heterocycles. The monoisotopic (exact) mass is 494 g/mol. The maximum absolute atomic E-state index is 12.8. The maximum atomic E-state index is 12.8. The zero-order valence-electron chi connectivity index (χ0n) is 18.3. The van der Waals surface area contributed by atoms with Crippen molar-refractivity contribution in [1.29, 1.82) is 0 Å². The number of rotatable bonds is 8. The van der Waals surface area contributed by atoms with Crippen LogP contribution >= 0.6 is 0 Å². The molecule has 2 atom stereocenters. The molecule has 178 valence electrons. The van der Waals surface area contributed by atoms with Gasteiger partial charge in [0.05, 0.1) is 22.0 Å². The van der Waals surface area contributed by atoms with Crippen molar-refractivity contribution in [3.8, 4) is 0 Å². The molecule has 1 amide bonds. The molecule has 1 fully saturated rings. The number of benzene rings is 2. The van der Waals surface area contributed by atoms with E-state index in [-0.39, 0.29) is 22.0 Å². The van der Waals surface area contributed by atoms with Crippen molar-refractivity contribution in [1.82, 2.24) is 4.90 Å². The fourth-order valence-electron chi connectivity index (χ4n) is 3.62. The number of anilines is 1. The zero-order chi connectivity index (χ0) is 24.2. The molecule has 0 saturated carbocycles. The number of likely N-dealkylation sites (N-methyl/N-ethyl adjacent to an activating group) is 1. The fraction of sp³-hybridized carbons (Fsp3) is 0.364. The van der Waals surface area contributed by atoms with Gasteiger partial charge in [-0.05, 0) is 56.7 Å². The van der Waals surface area contributed by atoms with Crippen LogP contribution in [0.3, 0.4) is 0 Å². The maximum Gasteiger partial charge on any atom is 0.338 e. The average Bonchev–Trinajstić information content (AvgIpc) is 3.13. The third-order valence-electron chi connectivity index (χ3n) is 5.33. The molecule has 9 nitrogen and oxygen atoms in total. The number of sulfonamides is 1. The predicted octanol–water partition coefficient (Wildman–Crippen LogP) is 2.07. The second-order valence-corrected chi connectivity index (χ2v) is 11.6. The summed E-state index contributed by atoms with van der Waals surface area (Å²) in [6.45, 7) is 3.46. The molecule has 2 aromatic rings. The summed E-state index contributed by atoms with van der Waals surface area (Å²) in [4.78, 5) is 26.6. The van der Waals surface area contributed by atoms with Crippen molar-refractivity contribution in [3.05, 3.63) is 60.2 Å². The Hall–Kier alpha value is -2.92. The first-order valence-electron chi connectivity index (χ1n) is 10.4. The van der Waals surface area contributed by atoms with Gasteiger partial charge in [-0.2, -0.15) is 0 Å². The third kappa shape index (κ3) is 6.11. The van der Waals surface area contributed by atoms with Crippen LogP contribution < -0.4 is 4.72 Å². The topological polar surface area (TPSA) is 127 Å². The molecule has 0 aliphatic carbocycles. The summed E-state index contributed by atoms with van der Waals surface area (Å²) in [5, 5.41) is 0. The van der Waals surface area contributed by atoms with Crippen molar-refractivity contribution < 1.29 is 31.2 Å². The number of sulfone groups is 1. The molecule has 1 aliphatic heterocycles. The van der Waals surface area contributed by atoms with E-state index in [1.54, 1.807) is 37.3 Å². The lowest BCUT2D eigenvalue weighted by Crippen LogP contribution is -2.46. The summed E-state index contributed by atoms with van der Waals surface area (Å²) in [6, 6.07) is 13.1. The summed E-state index contributed by atoms with van der Waals surface area (Å²) in [5.74, 6) is -1.32. The van der Waals surface area contributed by atoms with Gasteiger partial charge in [0.25, 0.3) is 15.9 Å². The fourth-order valence-corrected chi connectivity index (χ4v) is 6.41. The van der Waals surface area contributed by atoms with Crippen molar-refractivity contribution in [2.24, 2.45) is 0 Å². The Morgan fingerprint density at radius 2 is 1.76 bits per heavy atom. The number of amides is 1. The Morgan fingerprint density at radius 1 is 1.12 bits per heavy atom. The Balaban J connectivity index is 1.64. The highest BCUT2D eigenvalue weighted by atomic mass is 32.2. The normalized spacial score (nSPS) is 18.3. The number of nitrogens with one attached hydrogen (secondary N) is 1. The van der Waals surface area contributed by atoms with Gasteiger partial charge in [-0.1, -0.05) is 18.2 Å². The minimum atomic E-state index is -3.84. The predicted molar refractivity (Wildman–Crippen MR) is 123 cm³/mol. The van der Waals surface area contributed by atoms with E-state index >= 15 is 0 Å². The second-order valence-electron chi connectivity index (χ2n) is 7.72. The lowest BCUT2D eigenvalue weighted by atomic mass is 10.2. The number of para-hydroxylation sites is 1. The van der Waals surface area contributed by atoms with Crippen molar-refractivity contribution in [2.45, 2.75) is 37.3 Å². The van der Waals surface area contributed by atoms with Gasteiger partial charge in [0.1, 0.15) is 0 Å². The number of carbonyl (C=O) groups excluding carboxylic acids is 2. The van der Waals surface area contributed by atoms with E-state index in [1.807, 2.05) is 0 Å². The van der Waals surface area contributed by atoms with Crippen molar-refractivity contribution in [2.75, 3.05) is 22.8 Å². The summed E-state index contributed by atoms with van der Waals surface area (Å²) >= 11 is 0. The molecule has 0 spiro atoms. The number of carbonyl (C=O) groups is 2. The molecule has 1 saturated heterocycles. The summed E-state index contributed by atoms with van der Waals surface area (Å²) in [5.41, 5.74) is 0.490. The Labute approximate surface area is 193 Å². The van der Waals surface area contributed by atoms with E-state index in [1.165, 1.54) is 36.1 Å². The summed E-state index contributed by atoms with van der Waals surface area (Å²) in [6.07, 6.45) is -0.765. The zero-order valence-corrected chi connectivity index (χ0v) is 19.9. The van der Waals surface area contributed by atoms with Crippen LogP contribution in [0.2, 0.25) is 0 Å². The van der Waals surface area contributed by atoms with Gasteiger partial charge in [0.2, 0.25) is 0 Å². The van der Waals surface area contributed by atoms with E-state index in [4.69, 9.17) is 4.74 Å². The van der Waals surface area contributed by atoms with Gasteiger partial charge in [-0.15, -0.1) is 0 Å². The largest absolute Gasteiger partial charge is 0.449 e. The van der Waals surface area contributed by atoms with E-state index < -0.39 is 43.9 Å². The van der Waals surface area contributed by atoms with Crippen LogP contribution in [0, 0.1) is 0 Å². The van der Waals surface area contributed by atoms with Crippen LogP contribution in [0.15, 0.2) is 59.5 Å². The molecule has 0 unspecified atom stereocenters. The molecule has 3 rings (SSSR count). The molecule has 2 aromatic carbocycles. The van der Waals surface area contributed by atoms with Crippen LogP contribution in [0.4, 0.5) is 5.69 Å².